The van der Waals surface area contributed by atoms with Crippen LogP contribution in [0.25, 0.3) is 11.5 Å². The van der Waals surface area contributed by atoms with Crippen molar-refractivity contribution in [2.75, 3.05) is 17.1 Å². The van der Waals surface area contributed by atoms with Gasteiger partial charge in [-0.15, -0.1) is 0 Å². The van der Waals surface area contributed by atoms with Crippen molar-refractivity contribution in [3.8, 4) is 17.2 Å². The number of nitrogens with zero attached hydrogens (tertiary/aromatic N) is 2. The Kier molecular flexibility index (Phi) is 7.93. The van der Waals surface area contributed by atoms with Crippen LogP contribution in [0.15, 0.2) is 47.0 Å². The van der Waals surface area contributed by atoms with Crippen LogP contribution >= 0.6 is 0 Å². The second-order valence-corrected chi connectivity index (χ2v) is 11.1. The Morgan fingerprint density at radius 3 is 2.58 bits per heavy atom. The molecule has 1 fully saturated rings. The van der Waals surface area contributed by atoms with E-state index in [4.69, 9.17) is 9.26 Å². The normalized spacial score (nSPS) is 18.1. The Bertz CT molecular complexity index is 1310. The molecule has 0 aliphatic heterocycles. The van der Waals surface area contributed by atoms with Crippen molar-refractivity contribution in [1.82, 2.24) is 10.1 Å². The third-order valence-electron chi connectivity index (χ3n) is 6.57. The van der Waals surface area contributed by atoms with Gasteiger partial charge >= 0.3 is 5.97 Å². The number of aryl methyl sites for hydroxylation is 3. The number of sulfonamides is 1. The first-order valence-electron chi connectivity index (χ1n) is 12.1. The summed E-state index contributed by atoms with van der Waals surface area (Å²) >= 11 is 0. The Morgan fingerprint density at radius 2 is 1.86 bits per heavy atom. The standard InChI is InChI=1S/C26H31N3O6S/c1-17-23(34-16-20-10-6-7-11-21(20)26(30)31)13-12-22(27-17)25-24(18(2)28-35-25)29-36(32,33)15-14-19-8-4-3-5-9-19/h3-5,8-9,12-13,20-21,29H,6-7,10-11,14-16H2,1-2H3,(H,30,31)/t20-,21+/m1/s1. The maximum absolute atomic E-state index is 12.8. The van der Waals surface area contributed by atoms with Crippen molar-refractivity contribution in [3.63, 3.8) is 0 Å². The predicted octanol–water partition coefficient (Wildman–Crippen LogP) is 4.61. The lowest BCUT2D eigenvalue weighted by atomic mass is 9.80. The van der Waals surface area contributed by atoms with E-state index >= 15 is 0 Å². The smallest absolute Gasteiger partial charge is 0.306 e. The van der Waals surface area contributed by atoms with Crippen molar-refractivity contribution >= 4 is 21.7 Å². The summed E-state index contributed by atoms with van der Waals surface area (Å²) in [6, 6.07) is 12.8. The van der Waals surface area contributed by atoms with Crippen LogP contribution in [0, 0.1) is 25.7 Å². The maximum Gasteiger partial charge on any atom is 0.306 e. The van der Waals surface area contributed by atoms with Gasteiger partial charge in [0.05, 0.1) is 24.0 Å². The molecule has 0 amide bonds. The molecule has 2 aromatic heterocycles. The molecule has 1 saturated carbocycles. The van der Waals surface area contributed by atoms with Crippen molar-refractivity contribution < 1.29 is 27.6 Å². The topological polar surface area (TPSA) is 132 Å². The SMILES string of the molecule is Cc1nc(-c2onc(C)c2NS(=O)(=O)CCc2ccccc2)ccc1OC[C@H]1CCCC[C@@H]1C(=O)O. The maximum atomic E-state index is 12.8. The summed E-state index contributed by atoms with van der Waals surface area (Å²) in [6.07, 6.45) is 3.81. The molecule has 36 heavy (non-hydrogen) atoms. The number of anilines is 1. The van der Waals surface area contributed by atoms with E-state index in [9.17, 15) is 18.3 Å². The fraction of sp³-hybridized carbons (Fsp3) is 0.423. The Hall–Kier alpha value is -3.40. The third-order valence-corrected chi connectivity index (χ3v) is 7.83. The van der Waals surface area contributed by atoms with Gasteiger partial charge in [-0.3, -0.25) is 9.52 Å². The van der Waals surface area contributed by atoms with Crippen LogP contribution in [-0.2, 0) is 21.2 Å². The summed E-state index contributed by atoms with van der Waals surface area (Å²) < 4.78 is 39.6. The summed E-state index contributed by atoms with van der Waals surface area (Å²) in [4.78, 5) is 16.1. The van der Waals surface area contributed by atoms with E-state index in [2.05, 4.69) is 14.9 Å². The quantitative estimate of drug-likeness (QED) is 0.402. The van der Waals surface area contributed by atoms with Gasteiger partial charge in [0.2, 0.25) is 15.8 Å². The Morgan fingerprint density at radius 1 is 1.11 bits per heavy atom. The van der Waals surface area contributed by atoms with Crippen LogP contribution in [0.2, 0.25) is 0 Å². The molecule has 4 rings (SSSR count). The van der Waals surface area contributed by atoms with E-state index in [0.29, 0.717) is 42.3 Å². The number of hydrogen-bond acceptors (Lipinski definition) is 7. The number of benzene rings is 1. The molecule has 0 radical (unpaired) electrons. The molecule has 3 aromatic rings. The number of aliphatic carboxylic acids is 1. The number of rotatable bonds is 10. The van der Waals surface area contributed by atoms with E-state index in [1.807, 2.05) is 30.3 Å². The van der Waals surface area contributed by atoms with Gasteiger partial charge in [-0.05, 0) is 50.8 Å². The first kappa shape index (κ1) is 25.7. The number of carboxylic acids is 1. The monoisotopic (exact) mass is 513 g/mol. The van der Waals surface area contributed by atoms with E-state index in [-0.39, 0.29) is 29.0 Å². The highest BCUT2D eigenvalue weighted by molar-refractivity contribution is 7.92. The molecule has 9 nitrogen and oxygen atoms in total. The van der Waals surface area contributed by atoms with Gasteiger partial charge in [0, 0.05) is 5.92 Å². The lowest BCUT2D eigenvalue weighted by Gasteiger charge is -2.28. The highest BCUT2D eigenvalue weighted by atomic mass is 32.2. The first-order chi connectivity index (χ1) is 17.2. The molecule has 0 bridgehead atoms. The van der Waals surface area contributed by atoms with Gasteiger partial charge in [-0.25, -0.2) is 13.4 Å². The number of ether oxygens (including phenoxy) is 1. The zero-order valence-corrected chi connectivity index (χ0v) is 21.3. The summed E-state index contributed by atoms with van der Waals surface area (Å²) in [5, 5.41) is 13.4. The Balaban J connectivity index is 1.46. The van der Waals surface area contributed by atoms with Crippen LogP contribution in [0.5, 0.6) is 5.75 Å². The molecule has 192 valence electrons. The number of nitrogens with one attached hydrogen (secondary N) is 1. The molecule has 1 aliphatic rings. The fourth-order valence-electron chi connectivity index (χ4n) is 4.52. The molecule has 2 N–H and O–H groups in total. The first-order valence-corrected chi connectivity index (χ1v) is 13.7. The van der Waals surface area contributed by atoms with Crippen molar-refractivity contribution in [1.29, 1.82) is 0 Å². The number of aromatic nitrogens is 2. The van der Waals surface area contributed by atoms with Gasteiger partial charge in [0.1, 0.15) is 22.8 Å². The van der Waals surface area contributed by atoms with Crippen LogP contribution in [0.4, 0.5) is 5.69 Å². The zero-order valence-electron chi connectivity index (χ0n) is 20.4. The summed E-state index contributed by atoms with van der Waals surface area (Å²) in [7, 11) is -3.66. The molecule has 0 spiro atoms. The molecule has 1 aromatic carbocycles. The largest absolute Gasteiger partial charge is 0.491 e. The van der Waals surface area contributed by atoms with Gasteiger partial charge < -0.3 is 14.4 Å². The molecule has 10 heteroatoms. The summed E-state index contributed by atoms with van der Waals surface area (Å²) in [5.41, 5.74) is 2.60. The van der Waals surface area contributed by atoms with E-state index in [1.54, 1.807) is 26.0 Å². The van der Waals surface area contributed by atoms with Gasteiger partial charge in [0.25, 0.3) is 0 Å². The number of hydrogen-bond donors (Lipinski definition) is 2. The molecular formula is C26H31N3O6S. The van der Waals surface area contributed by atoms with E-state index < -0.39 is 16.0 Å². The summed E-state index contributed by atoms with van der Waals surface area (Å²) in [5.74, 6) is -0.505. The lowest BCUT2D eigenvalue weighted by molar-refractivity contribution is -0.145. The van der Waals surface area contributed by atoms with E-state index in [1.165, 1.54) is 0 Å². The second-order valence-electron chi connectivity index (χ2n) is 9.21. The summed E-state index contributed by atoms with van der Waals surface area (Å²) in [6.45, 7) is 3.75. The van der Waals surface area contributed by atoms with Crippen molar-refractivity contribution in [2.24, 2.45) is 11.8 Å². The lowest BCUT2D eigenvalue weighted by Crippen LogP contribution is -2.31. The fourth-order valence-corrected chi connectivity index (χ4v) is 5.68. The van der Waals surface area contributed by atoms with Crippen LogP contribution in [0.3, 0.4) is 0 Å². The van der Waals surface area contributed by atoms with E-state index in [0.717, 1.165) is 24.8 Å². The highest BCUT2D eigenvalue weighted by Gasteiger charge is 2.31. The average Bonchev–Trinajstić information content (AvgIpc) is 3.22. The molecule has 2 atom stereocenters. The third kappa shape index (κ3) is 6.23. The second kappa shape index (κ2) is 11.1. The number of pyridine rings is 1. The highest BCUT2D eigenvalue weighted by Crippen LogP contribution is 2.34. The Labute approximate surface area is 210 Å². The molecule has 1 aliphatic carbocycles. The number of carbonyl (C=O) groups is 1. The zero-order chi connectivity index (χ0) is 25.7. The average molecular weight is 514 g/mol. The van der Waals surface area contributed by atoms with Gasteiger partial charge in [0.15, 0.2) is 0 Å². The van der Waals surface area contributed by atoms with Crippen molar-refractivity contribution in [3.05, 3.63) is 59.4 Å². The minimum atomic E-state index is -3.66. The molecule has 0 unspecified atom stereocenters. The van der Waals surface area contributed by atoms with Crippen LogP contribution in [-0.4, -0.2) is 42.0 Å². The number of carboxylic acid groups (broad SMARTS) is 1. The minimum Gasteiger partial charge on any atom is -0.491 e. The van der Waals surface area contributed by atoms with Crippen LogP contribution < -0.4 is 9.46 Å². The minimum absolute atomic E-state index is 0.0378. The molecule has 2 heterocycles. The molecule has 0 saturated heterocycles. The van der Waals surface area contributed by atoms with Crippen LogP contribution in [0.1, 0.15) is 42.6 Å². The van der Waals surface area contributed by atoms with Crippen molar-refractivity contribution in [2.45, 2.75) is 46.0 Å². The van der Waals surface area contributed by atoms with Gasteiger partial charge in [-0.1, -0.05) is 48.3 Å². The van der Waals surface area contributed by atoms with Gasteiger partial charge in [-0.2, -0.15) is 0 Å². The predicted molar refractivity (Wildman–Crippen MR) is 135 cm³/mol. The molecular weight excluding hydrogens is 482 g/mol.